The monoisotopic (exact) mass is 272 g/mol. The fraction of sp³-hybridized carbons (Fsp3) is 0. The molecule has 0 bridgehead atoms. The van der Waals surface area contributed by atoms with E-state index < -0.39 is 17.3 Å². The van der Waals surface area contributed by atoms with Crippen LogP contribution in [0.5, 0.6) is 5.88 Å². The number of imidazole rings is 1. The van der Waals surface area contributed by atoms with Gasteiger partial charge in [0.2, 0.25) is 5.88 Å². The molecular formula is C13H9FN4O2. The van der Waals surface area contributed by atoms with Crippen LogP contribution in [0, 0.1) is 5.82 Å². The van der Waals surface area contributed by atoms with Gasteiger partial charge in [0.25, 0.3) is 5.56 Å². The molecule has 0 spiro atoms. The van der Waals surface area contributed by atoms with Crippen molar-refractivity contribution in [1.82, 2.24) is 19.9 Å². The number of H-pyrrole nitrogens is 2. The number of aromatic nitrogens is 4. The summed E-state index contributed by atoms with van der Waals surface area (Å²) in [5.41, 5.74) is -0.167. The van der Waals surface area contributed by atoms with Crippen LogP contribution in [0.4, 0.5) is 4.39 Å². The fourth-order valence-electron chi connectivity index (χ4n) is 1.85. The molecular weight excluding hydrogens is 263 g/mol. The lowest BCUT2D eigenvalue weighted by atomic mass is 10.1. The summed E-state index contributed by atoms with van der Waals surface area (Å²) in [6.45, 7) is 0. The van der Waals surface area contributed by atoms with Gasteiger partial charge in [-0.3, -0.25) is 4.79 Å². The van der Waals surface area contributed by atoms with Crippen molar-refractivity contribution in [2.24, 2.45) is 0 Å². The minimum Gasteiger partial charge on any atom is -0.493 e. The van der Waals surface area contributed by atoms with Crippen molar-refractivity contribution < 1.29 is 9.50 Å². The highest BCUT2D eigenvalue weighted by Gasteiger charge is 2.14. The van der Waals surface area contributed by atoms with Crippen molar-refractivity contribution in [2.45, 2.75) is 0 Å². The summed E-state index contributed by atoms with van der Waals surface area (Å²) < 4.78 is 12.9. The normalized spacial score (nSPS) is 10.7. The Kier molecular flexibility index (Phi) is 2.79. The molecule has 0 amide bonds. The van der Waals surface area contributed by atoms with Gasteiger partial charge in [0.1, 0.15) is 11.4 Å². The molecule has 3 rings (SSSR count). The molecule has 0 aliphatic carbocycles. The van der Waals surface area contributed by atoms with Gasteiger partial charge in [-0.25, -0.2) is 9.37 Å². The number of benzene rings is 1. The highest BCUT2D eigenvalue weighted by Crippen LogP contribution is 2.24. The Morgan fingerprint density at radius 3 is 2.50 bits per heavy atom. The first-order chi connectivity index (χ1) is 9.65. The Balaban J connectivity index is 2.14. The maximum atomic E-state index is 12.9. The first kappa shape index (κ1) is 12.1. The van der Waals surface area contributed by atoms with Crippen molar-refractivity contribution in [3.8, 4) is 28.7 Å². The third kappa shape index (κ3) is 2.05. The van der Waals surface area contributed by atoms with E-state index in [1.54, 1.807) is 6.20 Å². The Morgan fingerprint density at radius 1 is 1.15 bits per heavy atom. The second-order valence-corrected chi connectivity index (χ2v) is 4.06. The molecule has 6 nitrogen and oxygen atoms in total. The molecule has 0 saturated heterocycles. The maximum Gasteiger partial charge on any atom is 0.263 e. The number of hydrogen-bond donors (Lipinski definition) is 3. The lowest BCUT2D eigenvalue weighted by molar-refractivity contribution is 0.454. The molecule has 0 atom stereocenters. The first-order valence-corrected chi connectivity index (χ1v) is 5.74. The van der Waals surface area contributed by atoms with E-state index in [0.29, 0.717) is 11.4 Å². The van der Waals surface area contributed by atoms with Crippen molar-refractivity contribution in [1.29, 1.82) is 0 Å². The number of halogens is 1. The minimum atomic E-state index is -0.532. The minimum absolute atomic E-state index is 0.0136. The van der Waals surface area contributed by atoms with Crippen molar-refractivity contribution in [3.63, 3.8) is 0 Å². The van der Waals surface area contributed by atoms with Gasteiger partial charge in [0, 0.05) is 12.4 Å². The molecule has 0 unspecified atom stereocenters. The second kappa shape index (κ2) is 4.61. The molecule has 2 aromatic heterocycles. The number of aromatic amines is 2. The summed E-state index contributed by atoms with van der Waals surface area (Å²) in [4.78, 5) is 25.2. The molecule has 20 heavy (non-hydrogen) atoms. The van der Waals surface area contributed by atoms with Crippen LogP contribution in [0.25, 0.3) is 22.8 Å². The molecule has 3 aromatic rings. The average molecular weight is 272 g/mol. The lowest BCUT2D eigenvalue weighted by Gasteiger charge is -2.04. The molecule has 0 saturated carbocycles. The zero-order chi connectivity index (χ0) is 14.1. The Morgan fingerprint density at radius 2 is 1.90 bits per heavy atom. The second-order valence-electron chi connectivity index (χ2n) is 4.06. The molecule has 0 aliphatic heterocycles. The largest absolute Gasteiger partial charge is 0.493 e. The predicted octanol–water partition coefficient (Wildman–Crippen LogP) is 1.67. The van der Waals surface area contributed by atoms with Crippen molar-refractivity contribution >= 4 is 0 Å². The van der Waals surface area contributed by atoms with E-state index in [-0.39, 0.29) is 11.4 Å². The zero-order valence-electron chi connectivity index (χ0n) is 10.1. The fourth-order valence-corrected chi connectivity index (χ4v) is 1.85. The van der Waals surface area contributed by atoms with Gasteiger partial charge in [0.05, 0.1) is 0 Å². The van der Waals surface area contributed by atoms with Crippen LogP contribution in [0.2, 0.25) is 0 Å². The summed E-state index contributed by atoms with van der Waals surface area (Å²) in [5, 5.41) is 9.93. The summed E-state index contributed by atoms with van der Waals surface area (Å²) in [5.74, 6) is -0.400. The van der Waals surface area contributed by atoms with Crippen LogP contribution in [0.15, 0.2) is 41.5 Å². The number of nitrogens with zero attached hydrogens (tertiary/aromatic N) is 2. The van der Waals surface area contributed by atoms with E-state index in [4.69, 9.17) is 0 Å². The number of rotatable bonds is 2. The van der Waals surface area contributed by atoms with Gasteiger partial charge >= 0.3 is 0 Å². The van der Waals surface area contributed by atoms with Crippen LogP contribution in [0.3, 0.4) is 0 Å². The third-order valence-electron chi connectivity index (χ3n) is 2.76. The lowest BCUT2D eigenvalue weighted by Crippen LogP contribution is -2.12. The van der Waals surface area contributed by atoms with Crippen LogP contribution >= 0.6 is 0 Å². The highest BCUT2D eigenvalue weighted by molar-refractivity contribution is 5.68. The van der Waals surface area contributed by atoms with Gasteiger partial charge in [-0.1, -0.05) is 12.1 Å². The first-order valence-electron chi connectivity index (χ1n) is 5.74. The Bertz CT molecular complexity index is 794. The number of nitrogens with one attached hydrogen (secondary N) is 2. The van der Waals surface area contributed by atoms with Crippen LogP contribution in [-0.4, -0.2) is 25.0 Å². The van der Waals surface area contributed by atoms with Gasteiger partial charge in [-0.05, 0) is 17.7 Å². The van der Waals surface area contributed by atoms with Gasteiger partial charge in [-0.2, -0.15) is 4.98 Å². The Hall–Kier alpha value is -2.96. The van der Waals surface area contributed by atoms with E-state index in [9.17, 15) is 14.3 Å². The van der Waals surface area contributed by atoms with Crippen LogP contribution in [-0.2, 0) is 0 Å². The molecule has 0 radical (unpaired) electrons. The van der Waals surface area contributed by atoms with Crippen LogP contribution in [0.1, 0.15) is 0 Å². The number of aromatic hydroxyl groups is 1. The highest BCUT2D eigenvalue weighted by atomic mass is 19.1. The van der Waals surface area contributed by atoms with E-state index in [1.807, 2.05) is 0 Å². The van der Waals surface area contributed by atoms with E-state index in [2.05, 4.69) is 19.9 Å². The van der Waals surface area contributed by atoms with Gasteiger partial charge in [-0.15, -0.1) is 0 Å². The smallest absolute Gasteiger partial charge is 0.263 e. The molecule has 0 aliphatic rings. The van der Waals surface area contributed by atoms with Gasteiger partial charge < -0.3 is 15.1 Å². The molecule has 2 heterocycles. The molecule has 1 aromatic carbocycles. The molecule has 3 N–H and O–H groups in total. The predicted molar refractivity (Wildman–Crippen MR) is 69.5 cm³/mol. The summed E-state index contributed by atoms with van der Waals surface area (Å²) >= 11 is 0. The van der Waals surface area contributed by atoms with E-state index in [1.165, 1.54) is 30.5 Å². The van der Waals surface area contributed by atoms with Crippen molar-refractivity contribution in [2.75, 3.05) is 0 Å². The zero-order valence-corrected chi connectivity index (χ0v) is 10.1. The quantitative estimate of drug-likeness (QED) is 0.661. The number of hydrogen-bond acceptors (Lipinski definition) is 4. The topological polar surface area (TPSA) is 94.7 Å². The summed E-state index contributed by atoms with van der Waals surface area (Å²) in [6, 6.07) is 5.20. The average Bonchev–Trinajstić information content (AvgIpc) is 2.94. The summed E-state index contributed by atoms with van der Waals surface area (Å²) in [7, 11) is 0. The SMILES string of the molecule is O=c1[nH]c(-c2ncc[nH]2)nc(O)c1-c1ccc(F)cc1. The third-order valence-corrected chi connectivity index (χ3v) is 2.76. The van der Waals surface area contributed by atoms with E-state index in [0.717, 1.165) is 0 Å². The van der Waals surface area contributed by atoms with Crippen LogP contribution < -0.4 is 5.56 Å². The molecule has 7 heteroatoms. The van der Waals surface area contributed by atoms with E-state index >= 15 is 0 Å². The Labute approximate surface area is 112 Å². The molecule has 100 valence electrons. The van der Waals surface area contributed by atoms with Gasteiger partial charge in [0.15, 0.2) is 11.6 Å². The maximum absolute atomic E-state index is 12.9. The summed E-state index contributed by atoms with van der Waals surface area (Å²) in [6.07, 6.45) is 3.07. The standard InChI is InChI=1S/C13H9FN4O2/c14-8-3-1-7(2-4-8)9-12(19)17-11(18-13(9)20)10-15-5-6-16-10/h1-6H,(H,15,16)(H2,17,18,19,20). The van der Waals surface area contributed by atoms with Crippen molar-refractivity contribution in [3.05, 3.63) is 52.8 Å². The molecule has 0 fully saturated rings.